The number of likely N-dealkylation sites (tertiary alicyclic amines) is 1. The quantitative estimate of drug-likeness (QED) is 0.729. The summed E-state index contributed by atoms with van der Waals surface area (Å²) in [6.07, 6.45) is 6.37. The zero-order chi connectivity index (χ0) is 19.8. The molecule has 29 heavy (non-hydrogen) atoms. The van der Waals surface area contributed by atoms with Crippen molar-refractivity contribution in [2.75, 3.05) is 37.7 Å². The molecule has 1 aromatic heterocycles. The van der Waals surface area contributed by atoms with E-state index in [1.165, 1.54) is 25.9 Å². The van der Waals surface area contributed by atoms with E-state index in [-0.39, 0.29) is 11.9 Å². The number of nitrogen functional groups attached to an aromatic ring is 1. The Balaban J connectivity index is 1.47. The van der Waals surface area contributed by atoms with Crippen LogP contribution in [-0.4, -0.2) is 51.8 Å². The van der Waals surface area contributed by atoms with Crippen LogP contribution >= 0.6 is 23.4 Å². The second kappa shape index (κ2) is 7.97. The van der Waals surface area contributed by atoms with Gasteiger partial charge in [-0.15, -0.1) is 0 Å². The molecule has 6 nitrogen and oxygen atoms in total. The molecular formula is C21H22ClN5OS. The number of benzene rings is 1. The number of hydrogen-bond acceptors (Lipinski definition) is 7. The normalized spacial score (nSPS) is 20.7. The van der Waals surface area contributed by atoms with Gasteiger partial charge in [0.15, 0.2) is 5.16 Å². The fraction of sp³-hybridized carbons (Fsp3) is 0.381. The average Bonchev–Trinajstić information content (AvgIpc) is 3.21. The van der Waals surface area contributed by atoms with Crippen LogP contribution in [0.25, 0.3) is 11.8 Å². The van der Waals surface area contributed by atoms with Crippen LogP contribution < -0.4 is 16.2 Å². The number of anilines is 1. The summed E-state index contributed by atoms with van der Waals surface area (Å²) in [6.45, 7) is 3.93. The summed E-state index contributed by atoms with van der Waals surface area (Å²) in [5.74, 6) is 1.52. The Morgan fingerprint density at radius 3 is 2.93 bits per heavy atom. The molecule has 2 aliphatic heterocycles. The van der Waals surface area contributed by atoms with Crippen molar-refractivity contribution >= 4 is 41.1 Å². The van der Waals surface area contributed by atoms with Gasteiger partial charge in [-0.25, -0.2) is 4.98 Å². The van der Waals surface area contributed by atoms with E-state index in [2.05, 4.69) is 20.9 Å². The molecule has 0 spiro atoms. The van der Waals surface area contributed by atoms with Crippen molar-refractivity contribution < 1.29 is 4.74 Å². The Hall–Kier alpha value is -2.09. The molecule has 1 saturated heterocycles. The molecular weight excluding hydrogens is 406 g/mol. The first-order valence-corrected chi connectivity index (χ1v) is 11.2. The molecule has 3 aliphatic rings. The fourth-order valence-electron chi connectivity index (χ4n) is 4.22. The first kappa shape index (κ1) is 18.9. The van der Waals surface area contributed by atoms with Gasteiger partial charge in [-0.3, -0.25) is 0 Å². The number of nitrogens with zero attached hydrogens (tertiary/aromatic N) is 4. The molecule has 3 heterocycles. The summed E-state index contributed by atoms with van der Waals surface area (Å²) in [5.41, 5.74) is 8.21. The molecule has 1 aromatic carbocycles. The van der Waals surface area contributed by atoms with Gasteiger partial charge in [0.1, 0.15) is 12.4 Å². The number of hydrogen-bond donors (Lipinski definition) is 1. The van der Waals surface area contributed by atoms with Gasteiger partial charge in [-0.05, 0) is 48.4 Å². The van der Waals surface area contributed by atoms with Crippen LogP contribution in [-0.2, 0) is 4.74 Å². The van der Waals surface area contributed by atoms with E-state index >= 15 is 0 Å². The van der Waals surface area contributed by atoms with Crippen molar-refractivity contribution in [1.29, 1.82) is 0 Å². The fourth-order valence-corrected chi connectivity index (χ4v) is 5.42. The third kappa shape index (κ3) is 3.74. The van der Waals surface area contributed by atoms with Crippen LogP contribution in [0.3, 0.4) is 0 Å². The number of ether oxygens (including phenoxy) is 1. The molecule has 150 valence electrons. The van der Waals surface area contributed by atoms with Gasteiger partial charge in [0, 0.05) is 22.5 Å². The van der Waals surface area contributed by atoms with Gasteiger partial charge >= 0.3 is 0 Å². The van der Waals surface area contributed by atoms with E-state index in [1.54, 1.807) is 18.0 Å². The van der Waals surface area contributed by atoms with E-state index in [9.17, 15) is 0 Å². The maximum Gasteiger partial charge on any atom is 0.224 e. The van der Waals surface area contributed by atoms with Crippen LogP contribution in [0.5, 0.6) is 0 Å². The predicted molar refractivity (Wildman–Crippen MR) is 116 cm³/mol. The molecule has 1 aliphatic carbocycles. The molecule has 0 radical (unpaired) electrons. The Morgan fingerprint density at radius 2 is 2.07 bits per heavy atom. The molecule has 0 saturated carbocycles. The Labute approximate surface area is 178 Å². The van der Waals surface area contributed by atoms with Gasteiger partial charge in [-0.2, -0.15) is 9.97 Å². The zero-order valence-corrected chi connectivity index (χ0v) is 17.5. The minimum atomic E-state index is -0.245. The SMILES string of the molecule is Nc1nc(SCCN2CCCC2)nc(C2C(Cl)=CC3=c4c2cccc4=COC3)n1. The summed E-state index contributed by atoms with van der Waals surface area (Å²) < 4.78 is 5.57. The molecule has 5 rings (SSSR count). The lowest BCUT2D eigenvalue weighted by atomic mass is 9.87. The van der Waals surface area contributed by atoms with Crippen molar-refractivity contribution in [3.63, 3.8) is 0 Å². The highest BCUT2D eigenvalue weighted by molar-refractivity contribution is 7.99. The van der Waals surface area contributed by atoms with Crippen LogP contribution in [0.1, 0.15) is 30.1 Å². The van der Waals surface area contributed by atoms with E-state index in [0.29, 0.717) is 22.6 Å². The zero-order valence-electron chi connectivity index (χ0n) is 16.0. The summed E-state index contributed by atoms with van der Waals surface area (Å²) in [4.78, 5) is 16.0. The maximum absolute atomic E-state index is 6.71. The number of halogens is 1. The minimum absolute atomic E-state index is 0.234. The monoisotopic (exact) mass is 427 g/mol. The molecule has 1 fully saturated rings. The molecule has 2 aromatic rings. The number of allylic oxidation sites excluding steroid dienone is 1. The lowest BCUT2D eigenvalue weighted by Gasteiger charge is -2.24. The van der Waals surface area contributed by atoms with Crippen LogP contribution in [0.15, 0.2) is 34.5 Å². The Kier molecular flexibility index (Phi) is 5.20. The van der Waals surface area contributed by atoms with E-state index in [4.69, 9.17) is 27.1 Å². The lowest BCUT2D eigenvalue weighted by Crippen LogP contribution is -2.38. The molecule has 2 N–H and O–H groups in total. The van der Waals surface area contributed by atoms with Crippen molar-refractivity contribution in [3.8, 4) is 0 Å². The summed E-state index contributed by atoms with van der Waals surface area (Å²) in [6, 6.07) is 6.14. The topological polar surface area (TPSA) is 77.2 Å². The second-order valence-corrected chi connectivity index (χ2v) is 8.96. The third-order valence-electron chi connectivity index (χ3n) is 5.54. The highest BCUT2D eigenvalue weighted by atomic mass is 35.5. The van der Waals surface area contributed by atoms with Crippen molar-refractivity contribution in [2.24, 2.45) is 0 Å². The lowest BCUT2D eigenvalue weighted by molar-refractivity contribution is 0.341. The summed E-state index contributed by atoms with van der Waals surface area (Å²) in [5, 5.41) is 3.55. The second-order valence-electron chi connectivity index (χ2n) is 7.46. The predicted octanol–water partition coefficient (Wildman–Crippen LogP) is 1.83. The first-order valence-electron chi connectivity index (χ1n) is 9.86. The number of rotatable bonds is 5. The summed E-state index contributed by atoms with van der Waals surface area (Å²) >= 11 is 8.33. The van der Waals surface area contributed by atoms with Gasteiger partial charge in [-0.1, -0.05) is 41.6 Å². The minimum Gasteiger partial charge on any atom is -0.496 e. The molecule has 0 bridgehead atoms. The standard InChI is InChI=1S/C21H22ClN5OS/c22-16-10-14-12-28-11-13-4-3-5-15(17(13)14)18(16)19-24-20(23)26-21(25-19)29-9-8-27-6-1-2-7-27/h3-5,10-11,18H,1-2,6-9,12H2,(H2,23,24,25,26). The molecule has 8 heteroatoms. The summed E-state index contributed by atoms with van der Waals surface area (Å²) in [7, 11) is 0. The smallest absolute Gasteiger partial charge is 0.224 e. The van der Waals surface area contributed by atoms with Gasteiger partial charge < -0.3 is 15.4 Å². The molecule has 0 amide bonds. The third-order valence-corrected chi connectivity index (χ3v) is 6.70. The van der Waals surface area contributed by atoms with Crippen molar-refractivity contribution in [1.82, 2.24) is 19.9 Å². The number of nitrogens with two attached hydrogens (primary N) is 1. The number of thioether (sulfide) groups is 1. The van der Waals surface area contributed by atoms with E-state index < -0.39 is 0 Å². The first-order chi connectivity index (χ1) is 14.2. The highest BCUT2D eigenvalue weighted by Gasteiger charge is 2.28. The Bertz CT molecular complexity index is 1100. The molecule has 1 atom stereocenters. The van der Waals surface area contributed by atoms with E-state index in [0.717, 1.165) is 33.9 Å². The average molecular weight is 428 g/mol. The van der Waals surface area contributed by atoms with Crippen LogP contribution in [0.4, 0.5) is 5.95 Å². The Morgan fingerprint density at radius 1 is 1.21 bits per heavy atom. The highest BCUT2D eigenvalue weighted by Crippen LogP contribution is 2.35. The largest absolute Gasteiger partial charge is 0.496 e. The van der Waals surface area contributed by atoms with Crippen molar-refractivity contribution in [2.45, 2.75) is 23.9 Å². The van der Waals surface area contributed by atoms with Crippen LogP contribution in [0.2, 0.25) is 0 Å². The van der Waals surface area contributed by atoms with Crippen LogP contribution in [0, 0.1) is 0 Å². The van der Waals surface area contributed by atoms with Gasteiger partial charge in [0.05, 0.1) is 12.2 Å². The van der Waals surface area contributed by atoms with Gasteiger partial charge in [0.25, 0.3) is 0 Å². The van der Waals surface area contributed by atoms with Crippen molar-refractivity contribution in [3.05, 3.63) is 51.1 Å². The number of aromatic nitrogens is 3. The molecule has 1 unspecified atom stereocenters. The van der Waals surface area contributed by atoms with E-state index in [1.807, 2.05) is 18.2 Å². The maximum atomic E-state index is 6.71. The van der Waals surface area contributed by atoms with Gasteiger partial charge in [0.2, 0.25) is 5.95 Å².